The molecule has 1 aromatic rings. The first kappa shape index (κ1) is 13.2. The van der Waals surface area contributed by atoms with Crippen LogP contribution in [0.3, 0.4) is 0 Å². The first-order chi connectivity index (χ1) is 6.84. The molecule has 1 rings (SSSR count). The number of phenolic OH excluding ortho intramolecular Hbond substituents is 1. The number of hydrogen-bond donors (Lipinski definition) is 2. The van der Waals surface area contributed by atoms with Gasteiger partial charge in [-0.05, 0) is 31.0 Å². The van der Waals surface area contributed by atoms with Gasteiger partial charge in [0.2, 0.25) is 0 Å². The molecule has 0 radical (unpaired) electrons. The molecule has 0 aliphatic heterocycles. The van der Waals surface area contributed by atoms with Crippen LogP contribution in [0, 0.1) is 6.92 Å². The third-order valence-electron chi connectivity index (χ3n) is 1.70. The van der Waals surface area contributed by atoms with Crippen molar-refractivity contribution < 1.29 is 15.0 Å². The summed E-state index contributed by atoms with van der Waals surface area (Å²) in [6.07, 6.45) is 0. The summed E-state index contributed by atoms with van der Waals surface area (Å²) in [4.78, 5) is 9.00. The molecule has 0 aliphatic carbocycles. The molecule has 0 heterocycles. The van der Waals surface area contributed by atoms with Gasteiger partial charge in [0.15, 0.2) is 0 Å². The number of aryl methyl sites for hydroxylation is 1. The van der Waals surface area contributed by atoms with Crippen LogP contribution in [0.4, 0.5) is 0 Å². The highest BCUT2D eigenvalue weighted by Crippen LogP contribution is 2.21. The Bertz CT molecular complexity index is 363. The Labute approximate surface area is 89.7 Å². The summed E-state index contributed by atoms with van der Waals surface area (Å²) in [5.41, 5.74) is 2.86. The van der Waals surface area contributed by atoms with E-state index < -0.39 is 5.97 Å². The zero-order valence-corrected chi connectivity index (χ0v) is 9.24. The lowest BCUT2D eigenvalue weighted by Crippen LogP contribution is -1.79. The van der Waals surface area contributed by atoms with Gasteiger partial charge in [0, 0.05) is 6.92 Å². The number of aliphatic carboxylic acids is 1. The predicted octanol–water partition coefficient (Wildman–Crippen LogP) is 2.82. The fraction of sp³-hybridized carbons (Fsp3) is 0.250. The molecule has 0 unspecified atom stereocenters. The average molecular weight is 208 g/mol. The SMILES string of the molecule is C=C(C)c1ccc(C)c(O)c1.CC(=O)O. The summed E-state index contributed by atoms with van der Waals surface area (Å²) >= 11 is 0. The fourth-order valence-corrected chi connectivity index (χ4v) is 0.875. The maximum absolute atomic E-state index is 9.31. The van der Waals surface area contributed by atoms with Crippen LogP contribution in [0.25, 0.3) is 5.57 Å². The Kier molecular flexibility index (Phi) is 5.16. The largest absolute Gasteiger partial charge is 0.508 e. The molecule has 0 atom stereocenters. The first-order valence-corrected chi connectivity index (χ1v) is 4.49. The van der Waals surface area contributed by atoms with Crippen molar-refractivity contribution in [3.05, 3.63) is 35.9 Å². The second-order valence-corrected chi connectivity index (χ2v) is 3.30. The van der Waals surface area contributed by atoms with Crippen molar-refractivity contribution in [2.45, 2.75) is 20.8 Å². The molecule has 0 aromatic heterocycles. The molecule has 15 heavy (non-hydrogen) atoms. The van der Waals surface area contributed by atoms with Crippen LogP contribution in [0.2, 0.25) is 0 Å². The number of hydrogen-bond acceptors (Lipinski definition) is 2. The van der Waals surface area contributed by atoms with E-state index in [0.717, 1.165) is 23.6 Å². The fourth-order valence-electron chi connectivity index (χ4n) is 0.875. The Morgan fingerprint density at radius 2 is 1.80 bits per heavy atom. The van der Waals surface area contributed by atoms with Crippen LogP contribution in [0.5, 0.6) is 5.75 Å². The Morgan fingerprint density at radius 1 is 1.33 bits per heavy atom. The van der Waals surface area contributed by atoms with E-state index in [-0.39, 0.29) is 0 Å². The van der Waals surface area contributed by atoms with Gasteiger partial charge in [0.05, 0.1) is 0 Å². The summed E-state index contributed by atoms with van der Waals surface area (Å²) < 4.78 is 0. The van der Waals surface area contributed by atoms with E-state index in [1.165, 1.54) is 0 Å². The van der Waals surface area contributed by atoms with Gasteiger partial charge in [0.25, 0.3) is 5.97 Å². The van der Waals surface area contributed by atoms with Crippen LogP contribution >= 0.6 is 0 Å². The highest BCUT2D eigenvalue weighted by Gasteiger charge is 1.97. The molecule has 0 fully saturated rings. The summed E-state index contributed by atoms with van der Waals surface area (Å²) in [6.45, 7) is 8.66. The van der Waals surface area contributed by atoms with Crippen molar-refractivity contribution in [1.29, 1.82) is 0 Å². The maximum Gasteiger partial charge on any atom is 0.300 e. The Morgan fingerprint density at radius 3 is 2.13 bits per heavy atom. The van der Waals surface area contributed by atoms with Crippen LogP contribution in [-0.2, 0) is 4.79 Å². The average Bonchev–Trinajstić information content (AvgIpc) is 2.08. The Hall–Kier alpha value is -1.77. The monoisotopic (exact) mass is 208 g/mol. The van der Waals surface area contributed by atoms with Crippen molar-refractivity contribution in [1.82, 2.24) is 0 Å². The Balaban J connectivity index is 0.000000423. The van der Waals surface area contributed by atoms with Gasteiger partial charge in [-0.25, -0.2) is 0 Å². The molecule has 0 amide bonds. The zero-order valence-electron chi connectivity index (χ0n) is 9.24. The highest BCUT2D eigenvalue weighted by atomic mass is 16.4. The molecule has 82 valence electrons. The number of allylic oxidation sites excluding steroid dienone is 1. The van der Waals surface area contributed by atoms with E-state index in [1.807, 2.05) is 26.0 Å². The van der Waals surface area contributed by atoms with Crippen LogP contribution in [-0.4, -0.2) is 16.2 Å². The van der Waals surface area contributed by atoms with Crippen molar-refractivity contribution in [3.8, 4) is 5.75 Å². The lowest BCUT2D eigenvalue weighted by atomic mass is 10.1. The molecule has 0 aliphatic rings. The topological polar surface area (TPSA) is 57.5 Å². The molecule has 0 spiro atoms. The molecule has 0 bridgehead atoms. The van der Waals surface area contributed by atoms with Crippen LogP contribution < -0.4 is 0 Å². The summed E-state index contributed by atoms with van der Waals surface area (Å²) in [5, 5.41) is 16.7. The number of benzene rings is 1. The quantitative estimate of drug-likeness (QED) is 0.746. The number of carbonyl (C=O) groups is 1. The normalized spacial score (nSPS) is 8.73. The zero-order chi connectivity index (χ0) is 12.0. The lowest BCUT2D eigenvalue weighted by Gasteiger charge is -2.02. The van der Waals surface area contributed by atoms with Gasteiger partial charge in [0.1, 0.15) is 5.75 Å². The van der Waals surface area contributed by atoms with Gasteiger partial charge in [-0.2, -0.15) is 0 Å². The van der Waals surface area contributed by atoms with Crippen LogP contribution in [0.1, 0.15) is 25.0 Å². The number of aromatic hydroxyl groups is 1. The molecule has 3 heteroatoms. The smallest absolute Gasteiger partial charge is 0.300 e. The second kappa shape index (κ2) is 5.86. The van der Waals surface area contributed by atoms with Gasteiger partial charge in [-0.1, -0.05) is 24.3 Å². The summed E-state index contributed by atoms with van der Waals surface area (Å²) in [5.74, 6) is -0.495. The number of carboxylic acid groups (broad SMARTS) is 1. The molecular formula is C12H16O3. The third-order valence-corrected chi connectivity index (χ3v) is 1.70. The van der Waals surface area contributed by atoms with Gasteiger partial charge < -0.3 is 10.2 Å². The van der Waals surface area contributed by atoms with Crippen LogP contribution in [0.15, 0.2) is 24.8 Å². The van der Waals surface area contributed by atoms with Crippen molar-refractivity contribution in [2.24, 2.45) is 0 Å². The molecule has 0 saturated heterocycles. The number of rotatable bonds is 1. The predicted molar refractivity (Wildman–Crippen MR) is 60.9 cm³/mol. The van der Waals surface area contributed by atoms with Crippen molar-refractivity contribution in [2.75, 3.05) is 0 Å². The van der Waals surface area contributed by atoms with Gasteiger partial charge in [-0.3, -0.25) is 4.79 Å². The van der Waals surface area contributed by atoms with Crippen molar-refractivity contribution in [3.63, 3.8) is 0 Å². The molecule has 0 saturated carbocycles. The third kappa shape index (κ3) is 5.52. The van der Waals surface area contributed by atoms with Crippen molar-refractivity contribution >= 4 is 11.5 Å². The standard InChI is InChI=1S/C10H12O.C2H4O2/c1-7(2)9-5-4-8(3)10(11)6-9;1-2(3)4/h4-6,11H,1H2,2-3H3;1H3,(H,3,4). The highest BCUT2D eigenvalue weighted by molar-refractivity contribution is 5.63. The first-order valence-electron chi connectivity index (χ1n) is 4.49. The lowest BCUT2D eigenvalue weighted by molar-refractivity contribution is -0.134. The maximum atomic E-state index is 9.31. The molecule has 1 aromatic carbocycles. The minimum Gasteiger partial charge on any atom is -0.508 e. The van der Waals surface area contributed by atoms with E-state index >= 15 is 0 Å². The molecule has 3 nitrogen and oxygen atoms in total. The van der Waals surface area contributed by atoms with E-state index in [0.29, 0.717) is 5.75 Å². The van der Waals surface area contributed by atoms with Gasteiger partial charge in [-0.15, -0.1) is 0 Å². The van der Waals surface area contributed by atoms with Gasteiger partial charge >= 0.3 is 0 Å². The molecular weight excluding hydrogens is 192 g/mol. The van der Waals surface area contributed by atoms with E-state index in [1.54, 1.807) is 6.07 Å². The minimum atomic E-state index is -0.833. The van der Waals surface area contributed by atoms with E-state index in [4.69, 9.17) is 9.90 Å². The minimum absolute atomic E-state index is 0.338. The molecule has 2 N–H and O–H groups in total. The van der Waals surface area contributed by atoms with E-state index in [2.05, 4.69) is 6.58 Å². The summed E-state index contributed by atoms with van der Waals surface area (Å²) in [7, 11) is 0. The number of carboxylic acids is 1. The van der Waals surface area contributed by atoms with E-state index in [9.17, 15) is 5.11 Å². The summed E-state index contributed by atoms with van der Waals surface area (Å²) in [6, 6.07) is 5.58. The second-order valence-electron chi connectivity index (χ2n) is 3.30. The number of phenols is 1.